The molecule has 0 aliphatic heterocycles. The maximum atomic E-state index is 13.7. The van der Waals surface area contributed by atoms with E-state index in [9.17, 15) is 4.39 Å². The largest absolute Gasteiger partial charge is 0.417 e. The second-order valence-corrected chi connectivity index (χ2v) is 15.8. The van der Waals surface area contributed by atoms with Crippen molar-refractivity contribution in [1.29, 1.82) is 0 Å². The summed E-state index contributed by atoms with van der Waals surface area (Å²) < 4.78 is 20.1. The lowest BCUT2D eigenvalue weighted by Gasteiger charge is -2.30. The van der Waals surface area contributed by atoms with Gasteiger partial charge < -0.3 is 9.74 Å². The van der Waals surface area contributed by atoms with Crippen molar-refractivity contribution in [3.8, 4) is 11.4 Å². The van der Waals surface area contributed by atoms with Crippen LogP contribution >= 0.6 is 11.6 Å². The smallest absolute Gasteiger partial charge is 0.187 e. The van der Waals surface area contributed by atoms with E-state index in [0.717, 1.165) is 42.0 Å². The van der Waals surface area contributed by atoms with E-state index in [1.807, 2.05) is 18.2 Å². The fourth-order valence-electron chi connectivity index (χ4n) is 4.71. The van der Waals surface area contributed by atoms with E-state index in [1.165, 1.54) is 11.6 Å². The highest BCUT2D eigenvalue weighted by molar-refractivity contribution is 6.71. The molecule has 0 atom stereocenters. The van der Waals surface area contributed by atoms with Crippen molar-refractivity contribution in [2.45, 2.75) is 52.8 Å². The van der Waals surface area contributed by atoms with Crippen molar-refractivity contribution in [2.24, 2.45) is 5.41 Å². The van der Waals surface area contributed by atoms with E-state index in [0.29, 0.717) is 17.3 Å². The van der Waals surface area contributed by atoms with E-state index in [1.54, 1.807) is 24.5 Å². The molecule has 194 valence electrons. The molecule has 0 amide bonds. The van der Waals surface area contributed by atoms with Gasteiger partial charge in [0.15, 0.2) is 14.1 Å². The van der Waals surface area contributed by atoms with Crippen LogP contribution in [-0.2, 0) is 10.8 Å². The van der Waals surface area contributed by atoms with Gasteiger partial charge in [-0.2, -0.15) is 0 Å². The molecule has 0 saturated carbocycles. The zero-order valence-electron chi connectivity index (χ0n) is 22.1. The normalized spacial score (nSPS) is 12.2. The van der Waals surface area contributed by atoms with Gasteiger partial charge in [0.1, 0.15) is 11.6 Å². The first-order valence-electron chi connectivity index (χ1n) is 12.6. The van der Waals surface area contributed by atoms with Gasteiger partial charge in [0.2, 0.25) is 0 Å². The molecule has 0 bridgehead atoms. The van der Waals surface area contributed by atoms with Crippen LogP contribution < -0.4 is 5.32 Å². The van der Waals surface area contributed by atoms with Gasteiger partial charge in [-0.25, -0.2) is 14.4 Å². The molecule has 0 saturated heterocycles. The number of benzene rings is 2. The summed E-state index contributed by atoms with van der Waals surface area (Å²) in [5.41, 5.74) is 3.73. The first kappa shape index (κ1) is 27.2. The van der Waals surface area contributed by atoms with Crippen molar-refractivity contribution in [3.05, 3.63) is 77.3 Å². The lowest BCUT2D eigenvalue weighted by atomic mass is 10.0. The molecule has 2 aromatic carbocycles. The van der Waals surface area contributed by atoms with Crippen molar-refractivity contribution in [3.63, 3.8) is 0 Å². The van der Waals surface area contributed by atoms with Gasteiger partial charge in [-0.15, -0.1) is 0 Å². The van der Waals surface area contributed by atoms with E-state index in [-0.39, 0.29) is 10.4 Å². The van der Waals surface area contributed by atoms with Crippen molar-refractivity contribution < 1.29 is 8.82 Å². The SMILES string of the molecule is CC(C)(C)C[Si](C)(C)OCCCc1ccc2nc(-c3cccnc3)nc(Nc3ccc(F)c(Cl)c3)c2c1. The molecule has 4 rings (SSSR count). The Morgan fingerprint density at radius 2 is 1.86 bits per heavy atom. The second-order valence-electron chi connectivity index (χ2n) is 11.2. The number of fused-ring (bicyclic) bond motifs is 1. The van der Waals surface area contributed by atoms with Gasteiger partial charge in [-0.3, -0.25) is 4.98 Å². The number of hydrogen-bond donors (Lipinski definition) is 1. The van der Waals surface area contributed by atoms with Gasteiger partial charge in [-0.05, 0) is 85.4 Å². The molecular weight excluding hydrogens is 503 g/mol. The van der Waals surface area contributed by atoms with Crippen LogP contribution in [0, 0.1) is 11.2 Å². The van der Waals surface area contributed by atoms with E-state index in [2.05, 4.69) is 56.3 Å². The zero-order valence-corrected chi connectivity index (χ0v) is 23.9. The summed E-state index contributed by atoms with van der Waals surface area (Å²) >= 11 is 6.02. The van der Waals surface area contributed by atoms with Crippen molar-refractivity contribution in [2.75, 3.05) is 11.9 Å². The Hall–Kier alpha value is -2.87. The van der Waals surface area contributed by atoms with Crippen molar-refractivity contribution >= 4 is 42.3 Å². The summed E-state index contributed by atoms with van der Waals surface area (Å²) in [4.78, 5) is 13.8. The molecule has 37 heavy (non-hydrogen) atoms. The number of hydrogen-bond acceptors (Lipinski definition) is 5. The molecule has 8 heteroatoms. The third kappa shape index (κ3) is 7.57. The molecule has 0 aliphatic carbocycles. The Bertz CT molecular complexity index is 1380. The summed E-state index contributed by atoms with van der Waals surface area (Å²) in [7, 11) is -1.69. The summed E-state index contributed by atoms with van der Waals surface area (Å²) in [5.74, 6) is 0.723. The number of aryl methyl sites for hydroxylation is 1. The third-order valence-electron chi connectivity index (χ3n) is 5.92. The first-order valence-corrected chi connectivity index (χ1v) is 16.1. The lowest BCUT2D eigenvalue weighted by Crippen LogP contribution is -2.35. The molecule has 0 radical (unpaired) electrons. The highest BCUT2D eigenvalue weighted by atomic mass is 35.5. The molecule has 4 aromatic rings. The van der Waals surface area contributed by atoms with E-state index < -0.39 is 14.1 Å². The second kappa shape index (κ2) is 11.3. The highest BCUT2D eigenvalue weighted by Crippen LogP contribution is 2.31. The minimum absolute atomic E-state index is 0.0504. The Morgan fingerprint density at radius 3 is 2.57 bits per heavy atom. The Labute approximate surface area is 224 Å². The van der Waals surface area contributed by atoms with Crippen LogP contribution in [0.25, 0.3) is 22.3 Å². The van der Waals surface area contributed by atoms with Crippen LogP contribution in [0.5, 0.6) is 0 Å². The number of halogens is 2. The highest BCUT2D eigenvalue weighted by Gasteiger charge is 2.28. The molecule has 2 heterocycles. The number of rotatable bonds is 9. The van der Waals surface area contributed by atoms with Crippen LogP contribution in [-0.4, -0.2) is 29.9 Å². The maximum absolute atomic E-state index is 13.7. The summed E-state index contributed by atoms with van der Waals surface area (Å²) in [5, 5.41) is 4.25. The number of nitrogens with one attached hydrogen (secondary N) is 1. The van der Waals surface area contributed by atoms with Crippen molar-refractivity contribution in [1.82, 2.24) is 15.0 Å². The summed E-state index contributed by atoms with van der Waals surface area (Å²) in [6.07, 6.45) is 5.28. The van der Waals surface area contributed by atoms with Crippen LogP contribution in [0.3, 0.4) is 0 Å². The quantitative estimate of drug-likeness (QED) is 0.172. The van der Waals surface area contributed by atoms with Gasteiger partial charge >= 0.3 is 0 Å². The maximum Gasteiger partial charge on any atom is 0.187 e. The molecule has 2 aromatic heterocycles. The Kier molecular flexibility index (Phi) is 8.26. The molecule has 0 fully saturated rings. The minimum atomic E-state index is -1.69. The Morgan fingerprint density at radius 1 is 1.05 bits per heavy atom. The van der Waals surface area contributed by atoms with E-state index >= 15 is 0 Å². The van der Waals surface area contributed by atoms with Gasteiger partial charge in [0.25, 0.3) is 0 Å². The summed E-state index contributed by atoms with van der Waals surface area (Å²) in [6, 6.07) is 15.7. The third-order valence-corrected chi connectivity index (χ3v) is 9.11. The molecular formula is C29H34ClFN4OSi. The van der Waals surface area contributed by atoms with E-state index in [4.69, 9.17) is 26.0 Å². The average molecular weight is 537 g/mol. The molecule has 0 spiro atoms. The van der Waals surface area contributed by atoms with Crippen LogP contribution in [0.15, 0.2) is 60.9 Å². The molecule has 1 N–H and O–H groups in total. The van der Waals surface area contributed by atoms with Gasteiger partial charge in [0.05, 0.1) is 10.5 Å². The van der Waals surface area contributed by atoms with Crippen LogP contribution in [0.2, 0.25) is 24.2 Å². The number of pyridine rings is 1. The average Bonchev–Trinajstić information content (AvgIpc) is 2.83. The predicted molar refractivity (Wildman–Crippen MR) is 153 cm³/mol. The number of nitrogens with zero attached hydrogens (tertiary/aromatic N) is 3. The van der Waals surface area contributed by atoms with Gasteiger partial charge in [-0.1, -0.05) is 38.4 Å². The molecule has 0 aliphatic rings. The monoisotopic (exact) mass is 536 g/mol. The predicted octanol–water partition coefficient (Wildman–Crippen LogP) is 8.43. The van der Waals surface area contributed by atoms with Crippen LogP contribution in [0.4, 0.5) is 15.9 Å². The molecule has 5 nitrogen and oxygen atoms in total. The molecule has 0 unspecified atom stereocenters. The minimum Gasteiger partial charge on any atom is -0.417 e. The fraction of sp³-hybridized carbons (Fsp3) is 0.345. The summed E-state index contributed by atoms with van der Waals surface area (Å²) in [6.45, 7) is 12.2. The zero-order chi connectivity index (χ0) is 26.6. The Balaban J connectivity index is 1.58. The number of anilines is 2. The number of aromatic nitrogens is 3. The fourth-order valence-corrected chi connectivity index (χ4v) is 8.25. The van der Waals surface area contributed by atoms with Crippen LogP contribution in [0.1, 0.15) is 32.8 Å². The lowest BCUT2D eigenvalue weighted by molar-refractivity contribution is 0.286. The standard InChI is InChI=1S/C29H34ClFN4OSi/c1-29(2,3)19-37(4,5)36-15-7-8-20-10-13-26-23(16-20)28(33-22-11-12-25(31)24(30)17-22)35-27(34-26)21-9-6-14-32-18-21/h6,9-14,16-18H,7-8,15,19H2,1-5H3,(H,33,34,35). The first-order chi connectivity index (χ1) is 17.5. The topological polar surface area (TPSA) is 59.9 Å². The van der Waals surface area contributed by atoms with Gasteiger partial charge in [0, 0.05) is 35.6 Å².